The molecule has 2 heterocycles. The second-order valence-electron chi connectivity index (χ2n) is 8.71. The van der Waals surface area contributed by atoms with Crippen molar-refractivity contribution in [2.24, 2.45) is 5.41 Å². The second kappa shape index (κ2) is 7.51. The molecule has 0 spiro atoms. The van der Waals surface area contributed by atoms with Crippen LogP contribution >= 0.6 is 11.6 Å². The van der Waals surface area contributed by atoms with Crippen molar-refractivity contribution in [3.8, 4) is 0 Å². The minimum absolute atomic E-state index is 0.0158. The van der Waals surface area contributed by atoms with Gasteiger partial charge in [0.2, 0.25) is 5.91 Å². The number of aryl methyl sites for hydroxylation is 1. The first-order chi connectivity index (χ1) is 12.6. The first-order valence-corrected chi connectivity index (χ1v) is 9.81. The van der Waals surface area contributed by atoms with E-state index in [2.05, 4.69) is 56.1 Å². The molecule has 4 nitrogen and oxygen atoms in total. The van der Waals surface area contributed by atoms with Crippen molar-refractivity contribution in [3.63, 3.8) is 0 Å². The minimum Gasteiger partial charge on any atom is -0.363 e. The van der Waals surface area contributed by atoms with Gasteiger partial charge in [-0.15, -0.1) is 0 Å². The number of aromatic nitrogens is 1. The Morgan fingerprint density at radius 1 is 1.30 bits per heavy atom. The number of fused-ring (bicyclic) bond motifs is 1. The fourth-order valence-electron chi connectivity index (χ4n) is 3.48. The Hall–Kier alpha value is -2.07. The Morgan fingerprint density at radius 2 is 1.96 bits per heavy atom. The minimum atomic E-state index is -0.0430. The smallest absolute Gasteiger partial charge is 0.226 e. The van der Waals surface area contributed by atoms with Crippen molar-refractivity contribution in [2.45, 2.75) is 60.0 Å². The highest BCUT2D eigenvalue weighted by molar-refractivity contribution is 6.30. The van der Waals surface area contributed by atoms with E-state index >= 15 is 0 Å². The Morgan fingerprint density at radius 3 is 2.59 bits per heavy atom. The van der Waals surface area contributed by atoms with Crippen LogP contribution in [0.1, 0.15) is 50.9 Å². The van der Waals surface area contributed by atoms with Crippen molar-refractivity contribution in [1.29, 1.82) is 0 Å². The van der Waals surface area contributed by atoms with Gasteiger partial charge in [-0.2, -0.15) is 0 Å². The molecular formula is C22H28ClN3O. The van der Waals surface area contributed by atoms with E-state index in [1.807, 2.05) is 19.1 Å². The molecule has 2 aromatic rings. The van der Waals surface area contributed by atoms with E-state index in [1.54, 1.807) is 0 Å². The Labute approximate surface area is 166 Å². The predicted octanol–water partition coefficient (Wildman–Crippen LogP) is 5.37. The average molecular weight is 386 g/mol. The van der Waals surface area contributed by atoms with Crippen molar-refractivity contribution in [3.05, 3.63) is 52.2 Å². The van der Waals surface area contributed by atoms with Crippen LogP contribution in [0.5, 0.6) is 0 Å². The number of carbonyl (C=O) groups is 1. The number of nitrogens with one attached hydrogen (secondary N) is 1. The SMILES string of the molecule is Cc1cc2c(nc1NC(=O)CC(C)(C)C)C[C@@H](C)N2Cc1ccc(Cl)cc1. The van der Waals surface area contributed by atoms with Crippen molar-refractivity contribution in [1.82, 2.24) is 4.98 Å². The Bertz CT molecular complexity index is 840. The first-order valence-electron chi connectivity index (χ1n) is 9.44. The quantitative estimate of drug-likeness (QED) is 0.769. The molecule has 0 saturated carbocycles. The number of hydrogen-bond acceptors (Lipinski definition) is 3. The maximum atomic E-state index is 12.3. The van der Waals surface area contributed by atoms with Gasteiger partial charge in [0.25, 0.3) is 0 Å². The van der Waals surface area contributed by atoms with E-state index in [0.717, 1.165) is 34.9 Å². The summed E-state index contributed by atoms with van der Waals surface area (Å²) >= 11 is 6.00. The van der Waals surface area contributed by atoms with Crippen LogP contribution in [0.2, 0.25) is 5.02 Å². The summed E-state index contributed by atoms with van der Waals surface area (Å²) in [6.07, 6.45) is 1.36. The summed E-state index contributed by atoms with van der Waals surface area (Å²) in [5.41, 5.74) is 4.38. The lowest BCUT2D eigenvalue weighted by molar-refractivity contribution is -0.117. The summed E-state index contributed by atoms with van der Waals surface area (Å²) in [6, 6.07) is 10.5. The molecule has 5 heteroatoms. The van der Waals surface area contributed by atoms with Gasteiger partial charge in [-0.1, -0.05) is 44.5 Å². The largest absolute Gasteiger partial charge is 0.363 e. The number of carbonyl (C=O) groups excluding carboxylic acids is 1. The van der Waals surface area contributed by atoms with Crippen LogP contribution in [0.3, 0.4) is 0 Å². The Kier molecular flexibility index (Phi) is 5.48. The number of anilines is 2. The lowest BCUT2D eigenvalue weighted by atomic mass is 9.92. The van der Waals surface area contributed by atoms with Gasteiger partial charge in [-0.3, -0.25) is 4.79 Å². The average Bonchev–Trinajstić information content (AvgIpc) is 2.83. The molecule has 0 aliphatic carbocycles. The number of hydrogen-bond donors (Lipinski definition) is 1. The molecule has 0 saturated heterocycles. The van der Waals surface area contributed by atoms with Crippen molar-refractivity contribution in [2.75, 3.05) is 10.2 Å². The van der Waals surface area contributed by atoms with Gasteiger partial charge >= 0.3 is 0 Å². The van der Waals surface area contributed by atoms with E-state index in [1.165, 1.54) is 5.56 Å². The second-order valence-corrected chi connectivity index (χ2v) is 9.15. The van der Waals surface area contributed by atoms with Gasteiger partial charge in [0.1, 0.15) is 5.82 Å². The summed E-state index contributed by atoms with van der Waals surface area (Å²) in [7, 11) is 0. The molecule has 1 aliphatic heterocycles. The molecular weight excluding hydrogens is 358 g/mol. The standard InChI is InChI=1S/C22H28ClN3O/c1-14-10-19-18(24-21(14)25-20(27)12-22(3,4)5)11-15(2)26(19)13-16-6-8-17(23)9-7-16/h6-10,15H,11-13H2,1-5H3,(H,24,25,27)/t15-/m1/s1. The maximum absolute atomic E-state index is 12.3. The molecule has 1 aliphatic rings. The van der Waals surface area contributed by atoms with Gasteiger partial charge in [0.15, 0.2) is 0 Å². The van der Waals surface area contributed by atoms with Crippen LogP contribution in [-0.2, 0) is 17.8 Å². The predicted molar refractivity (Wildman–Crippen MR) is 112 cm³/mol. The summed E-state index contributed by atoms with van der Waals surface area (Å²) in [4.78, 5) is 19.5. The molecule has 1 aromatic heterocycles. The molecule has 3 rings (SSSR count). The van der Waals surface area contributed by atoms with Gasteiger partial charge in [-0.05, 0) is 48.6 Å². The van der Waals surface area contributed by atoms with Crippen molar-refractivity contribution < 1.29 is 4.79 Å². The maximum Gasteiger partial charge on any atom is 0.226 e. The zero-order valence-electron chi connectivity index (χ0n) is 16.8. The van der Waals surface area contributed by atoms with Gasteiger partial charge < -0.3 is 10.2 Å². The molecule has 1 atom stereocenters. The molecule has 1 N–H and O–H groups in total. The summed E-state index contributed by atoms with van der Waals surface area (Å²) in [5.74, 6) is 0.700. The first kappa shape index (κ1) is 19.7. The molecule has 0 radical (unpaired) electrons. The van der Waals surface area contributed by atoms with Crippen molar-refractivity contribution >= 4 is 29.0 Å². The van der Waals surface area contributed by atoms with Crippen LogP contribution in [0.4, 0.5) is 11.5 Å². The van der Waals surface area contributed by atoms with Crippen LogP contribution in [0, 0.1) is 12.3 Å². The molecule has 1 aromatic carbocycles. The zero-order valence-corrected chi connectivity index (χ0v) is 17.5. The molecule has 0 bridgehead atoms. The van der Waals surface area contributed by atoms with Crippen LogP contribution in [-0.4, -0.2) is 16.9 Å². The number of benzene rings is 1. The van der Waals surface area contributed by atoms with E-state index in [4.69, 9.17) is 16.6 Å². The fraction of sp³-hybridized carbons (Fsp3) is 0.455. The van der Waals surface area contributed by atoms with Gasteiger partial charge in [0.05, 0.1) is 11.4 Å². The number of amides is 1. The van der Waals surface area contributed by atoms with E-state index < -0.39 is 0 Å². The third-order valence-corrected chi connectivity index (χ3v) is 5.07. The summed E-state index contributed by atoms with van der Waals surface area (Å²) in [5, 5.41) is 3.75. The molecule has 1 amide bonds. The summed E-state index contributed by atoms with van der Waals surface area (Å²) < 4.78 is 0. The van der Waals surface area contributed by atoms with Gasteiger partial charge in [-0.25, -0.2) is 4.98 Å². The topological polar surface area (TPSA) is 45.2 Å². The third-order valence-electron chi connectivity index (χ3n) is 4.81. The number of halogens is 1. The van der Waals surface area contributed by atoms with Crippen LogP contribution in [0.15, 0.2) is 30.3 Å². The molecule has 27 heavy (non-hydrogen) atoms. The molecule has 144 valence electrons. The molecule has 0 fully saturated rings. The summed E-state index contributed by atoms with van der Waals surface area (Å²) in [6.45, 7) is 11.2. The highest BCUT2D eigenvalue weighted by atomic mass is 35.5. The third kappa shape index (κ3) is 4.81. The number of rotatable bonds is 4. The normalized spacial score (nSPS) is 16.4. The lowest BCUT2D eigenvalue weighted by Crippen LogP contribution is -2.28. The van der Waals surface area contributed by atoms with Gasteiger partial charge in [0, 0.05) is 30.5 Å². The van der Waals surface area contributed by atoms with E-state index in [0.29, 0.717) is 18.3 Å². The lowest BCUT2D eigenvalue weighted by Gasteiger charge is -2.25. The van der Waals surface area contributed by atoms with E-state index in [-0.39, 0.29) is 11.3 Å². The Balaban J connectivity index is 1.80. The van der Waals surface area contributed by atoms with Crippen LogP contribution < -0.4 is 10.2 Å². The zero-order chi connectivity index (χ0) is 19.8. The highest BCUT2D eigenvalue weighted by Gasteiger charge is 2.28. The van der Waals surface area contributed by atoms with Crippen LogP contribution in [0.25, 0.3) is 0 Å². The van der Waals surface area contributed by atoms with E-state index in [9.17, 15) is 4.79 Å². The molecule has 0 unspecified atom stereocenters. The number of pyridine rings is 1. The number of nitrogens with zero attached hydrogens (tertiary/aromatic N) is 2. The highest BCUT2D eigenvalue weighted by Crippen LogP contribution is 2.35. The fourth-order valence-corrected chi connectivity index (χ4v) is 3.60. The monoisotopic (exact) mass is 385 g/mol.